The van der Waals surface area contributed by atoms with Crippen LogP contribution in [0.2, 0.25) is 0 Å². The molecular weight excluding hydrogens is 337 g/mol. The van der Waals surface area contributed by atoms with E-state index in [0.717, 1.165) is 28.1 Å². The highest BCUT2D eigenvalue weighted by molar-refractivity contribution is 7.13. The summed E-state index contributed by atoms with van der Waals surface area (Å²) in [6, 6.07) is 10.5. The second kappa shape index (κ2) is 7.00. The maximum atomic E-state index is 13.1. The van der Waals surface area contributed by atoms with Gasteiger partial charge in [0.05, 0.1) is 28.7 Å². The van der Waals surface area contributed by atoms with Crippen molar-refractivity contribution in [2.24, 2.45) is 0 Å². The van der Waals surface area contributed by atoms with Crippen LogP contribution in [0, 0.1) is 5.82 Å². The van der Waals surface area contributed by atoms with E-state index in [9.17, 15) is 4.39 Å². The summed E-state index contributed by atoms with van der Waals surface area (Å²) in [5.41, 5.74) is 5.02. The van der Waals surface area contributed by atoms with Crippen LogP contribution in [0.4, 0.5) is 4.39 Å². The highest BCUT2D eigenvalue weighted by atomic mass is 32.1. The number of benzene rings is 1. The molecule has 0 atom stereocenters. The molecule has 0 aliphatic carbocycles. The highest BCUT2D eigenvalue weighted by Gasteiger charge is 2.10. The van der Waals surface area contributed by atoms with E-state index in [2.05, 4.69) is 31.8 Å². The number of rotatable bonds is 6. The average molecular weight is 353 g/mol. The van der Waals surface area contributed by atoms with Crippen LogP contribution in [0.1, 0.15) is 11.1 Å². The molecule has 1 aromatic carbocycles. The fourth-order valence-corrected chi connectivity index (χ4v) is 3.48. The van der Waals surface area contributed by atoms with E-state index in [1.165, 1.54) is 17.0 Å². The molecule has 0 aliphatic rings. The molecule has 0 aliphatic heterocycles. The Hall–Kier alpha value is -2.77. The van der Waals surface area contributed by atoms with E-state index in [4.69, 9.17) is 0 Å². The lowest BCUT2D eigenvalue weighted by Crippen LogP contribution is -2.13. The summed E-state index contributed by atoms with van der Waals surface area (Å²) in [6.45, 7) is 1.34. The van der Waals surface area contributed by atoms with Gasteiger partial charge >= 0.3 is 0 Å². The van der Waals surface area contributed by atoms with Crippen molar-refractivity contribution in [1.82, 2.24) is 25.7 Å². The molecule has 0 radical (unpaired) electrons. The van der Waals surface area contributed by atoms with Gasteiger partial charge in [-0.3, -0.25) is 10.2 Å². The maximum absolute atomic E-state index is 13.1. The van der Waals surface area contributed by atoms with E-state index in [-0.39, 0.29) is 5.82 Å². The Morgan fingerprint density at radius 1 is 0.920 bits per heavy atom. The minimum absolute atomic E-state index is 0.246. The molecule has 0 unspecified atom stereocenters. The first kappa shape index (κ1) is 15.7. The Labute approximate surface area is 147 Å². The third kappa shape index (κ3) is 3.38. The zero-order valence-electron chi connectivity index (χ0n) is 13.3. The molecule has 0 spiro atoms. The molecule has 3 aromatic heterocycles. The minimum Gasteiger partial charge on any atom is -0.308 e. The van der Waals surface area contributed by atoms with Crippen LogP contribution < -0.4 is 5.32 Å². The predicted molar refractivity (Wildman–Crippen MR) is 96.4 cm³/mol. The molecule has 0 saturated heterocycles. The Balaban J connectivity index is 1.45. The summed E-state index contributed by atoms with van der Waals surface area (Å²) < 4.78 is 13.1. The lowest BCUT2D eigenvalue weighted by atomic mass is 10.1. The molecule has 7 heteroatoms. The fraction of sp³-hybridized carbons (Fsp3) is 0.111. The normalized spacial score (nSPS) is 11.1. The number of hydrogen-bond acceptors (Lipinski definition) is 4. The molecule has 3 N–H and O–H groups in total. The van der Waals surface area contributed by atoms with Crippen molar-refractivity contribution < 1.29 is 4.39 Å². The van der Waals surface area contributed by atoms with Crippen LogP contribution in [0.25, 0.3) is 21.8 Å². The molecule has 3 heterocycles. The quantitative estimate of drug-likeness (QED) is 0.491. The summed E-state index contributed by atoms with van der Waals surface area (Å²) in [4.78, 5) is 1.17. The summed E-state index contributed by atoms with van der Waals surface area (Å²) in [7, 11) is 0. The van der Waals surface area contributed by atoms with Crippen molar-refractivity contribution in [2.75, 3.05) is 0 Å². The standard InChI is InChI=1S/C18H16FN5S/c19-15-5-3-12(4-6-15)17-13(10-21-23-17)8-20-9-14-11-22-24-18(14)16-2-1-7-25-16/h1-7,10-11,20H,8-9H2,(H,21,23)(H,22,24). The number of aromatic amines is 2. The van der Waals surface area contributed by atoms with Crippen LogP contribution >= 0.6 is 11.3 Å². The van der Waals surface area contributed by atoms with Gasteiger partial charge in [-0.15, -0.1) is 11.3 Å². The van der Waals surface area contributed by atoms with Crippen molar-refractivity contribution in [1.29, 1.82) is 0 Å². The van der Waals surface area contributed by atoms with Gasteiger partial charge < -0.3 is 5.32 Å². The number of thiophene rings is 1. The number of aromatic nitrogens is 4. The van der Waals surface area contributed by atoms with E-state index in [1.54, 1.807) is 29.7 Å². The van der Waals surface area contributed by atoms with Crippen molar-refractivity contribution >= 4 is 11.3 Å². The van der Waals surface area contributed by atoms with Gasteiger partial charge in [-0.2, -0.15) is 10.2 Å². The smallest absolute Gasteiger partial charge is 0.123 e. The first-order valence-corrected chi connectivity index (χ1v) is 8.74. The SMILES string of the molecule is Fc1ccc(-c2[nH]ncc2CNCc2cn[nH]c2-c2cccs2)cc1. The molecule has 0 saturated carbocycles. The first-order chi connectivity index (χ1) is 12.3. The van der Waals surface area contributed by atoms with Gasteiger partial charge in [0.1, 0.15) is 5.82 Å². The van der Waals surface area contributed by atoms with Crippen molar-refractivity contribution in [3.05, 3.63) is 71.1 Å². The predicted octanol–water partition coefficient (Wildman–Crippen LogP) is 3.96. The Morgan fingerprint density at radius 2 is 1.60 bits per heavy atom. The van der Waals surface area contributed by atoms with Gasteiger partial charge in [0, 0.05) is 29.8 Å². The third-order valence-electron chi connectivity index (χ3n) is 3.97. The number of halogens is 1. The van der Waals surface area contributed by atoms with E-state index in [0.29, 0.717) is 13.1 Å². The number of nitrogens with one attached hydrogen (secondary N) is 3. The second-order valence-electron chi connectivity index (χ2n) is 5.63. The van der Waals surface area contributed by atoms with Crippen molar-refractivity contribution in [3.8, 4) is 21.8 Å². The molecule has 25 heavy (non-hydrogen) atoms. The van der Waals surface area contributed by atoms with Gasteiger partial charge in [-0.1, -0.05) is 6.07 Å². The lowest BCUT2D eigenvalue weighted by Gasteiger charge is -2.06. The van der Waals surface area contributed by atoms with Gasteiger partial charge in [0.25, 0.3) is 0 Å². The summed E-state index contributed by atoms with van der Waals surface area (Å²) in [6.07, 6.45) is 3.64. The van der Waals surface area contributed by atoms with E-state index < -0.39 is 0 Å². The Bertz CT molecular complexity index is 940. The van der Waals surface area contributed by atoms with Crippen LogP contribution in [0.15, 0.2) is 54.2 Å². The molecule has 4 rings (SSSR count). The highest BCUT2D eigenvalue weighted by Crippen LogP contribution is 2.26. The lowest BCUT2D eigenvalue weighted by molar-refractivity contribution is 0.628. The van der Waals surface area contributed by atoms with Crippen LogP contribution in [0.3, 0.4) is 0 Å². The zero-order chi connectivity index (χ0) is 17.1. The molecule has 0 fully saturated rings. The van der Waals surface area contributed by atoms with Crippen LogP contribution in [-0.2, 0) is 13.1 Å². The minimum atomic E-state index is -0.246. The monoisotopic (exact) mass is 353 g/mol. The van der Waals surface area contributed by atoms with E-state index >= 15 is 0 Å². The largest absolute Gasteiger partial charge is 0.308 e. The molecule has 4 aromatic rings. The number of H-pyrrole nitrogens is 2. The fourth-order valence-electron chi connectivity index (χ4n) is 2.72. The molecular formula is C18H16FN5S. The Morgan fingerprint density at radius 3 is 2.28 bits per heavy atom. The summed E-state index contributed by atoms with van der Waals surface area (Å²) in [5.74, 6) is -0.246. The van der Waals surface area contributed by atoms with Crippen molar-refractivity contribution in [2.45, 2.75) is 13.1 Å². The van der Waals surface area contributed by atoms with Crippen molar-refractivity contribution in [3.63, 3.8) is 0 Å². The average Bonchev–Trinajstić information content (AvgIpc) is 3.37. The zero-order valence-corrected chi connectivity index (χ0v) is 14.1. The summed E-state index contributed by atoms with van der Waals surface area (Å²) in [5, 5.41) is 19.8. The molecule has 0 bridgehead atoms. The number of nitrogens with zero attached hydrogens (tertiary/aromatic N) is 2. The Kier molecular flexibility index (Phi) is 4.41. The van der Waals surface area contributed by atoms with Gasteiger partial charge in [0.2, 0.25) is 0 Å². The second-order valence-corrected chi connectivity index (χ2v) is 6.58. The van der Waals surface area contributed by atoms with E-state index in [1.807, 2.05) is 17.6 Å². The maximum Gasteiger partial charge on any atom is 0.123 e. The van der Waals surface area contributed by atoms with Gasteiger partial charge in [-0.25, -0.2) is 4.39 Å². The van der Waals surface area contributed by atoms with Crippen LogP contribution in [0.5, 0.6) is 0 Å². The molecule has 5 nitrogen and oxygen atoms in total. The topological polar surface area (TPSA) is 69.4 Å². The first-order valence-electron chi connectivity index (χ1n) is 7.86. The van der Waals surface area contributed by atoms with Gasteiger partial charge in [-0.05, 0) is 35.7 Å². The van der Waals surface area contributed by atoms with Crippen LogP contribution in [-0.4, -0.2) is 20.4 Å². The molecule has 0 amide bonds. The molecule has 126 valence electrons. The number of hydrogen-bond donors (Lipinski definition) is 3. The van der Waals surface area contributed by atoms with Gasteiger partial charge in [0.15, 0.2) is 0 Å². The third-order valence-corrected chi connectivity index (χ3v) is 4.85. The summed E-state index contributed by atoms with van der Waals surface area (Å²) >= 11 is 1.68.